The maximum absolute atomic E-state index is 13.2. The van der Waals surface area contributed by atoms with E-state index in [1.54, 1.807) is 131 Å². The number of carbonyl (C=O) groups is 1. The molecule has 9 N–H and O–H groups in total. The summed E-state index contributed by atoms with van der Waals surface area (Å²) in [7, 11) is -8.04. The smallest absolute Gasteiger partial charge is 0.407 e. The van der Waals surface area contributed by atoms with Gasteiger partial charge in [-0.3, -0.25) is 24.1 Å². The van der Waals surface area contributed by atoms with Gasteiger partial charge in [0.05, 0.1) is 22.5 Å². The number of ether oxygens (including phenoxy) is 3. The van der Waals surface area contributed by atoms with Gasteiger partial charge >= 0.3 is 6.09 Å². The number of aromatic hydroxyl groups is 1. The number of rotatable bonds is 20. The summed E-state index contributed by atoms with van der Waals surface area (Å²) in [6.45, 7) is 10.8. The van der Waals surface area contributed by atoms with Gasteiger partial charge in [0.1, 0.15) is 52.6 Å². The van der Waals surface area contributed by atoms with E-state index < -0.39 is 31.9 Å². The van der Waals surface area contributed by atoms with Crippen LogP contribution in [0.4, 0.5) is 31.6 Å². The summed E-state index contributed by atoms with van der Waals surface area (Å²) in [6.07, 6.45) is 10.7. The number of hydrogen-bond acceptors (Lipinski definition) is 22. The molecular weight excluding hydrogens is 1270 g/mol. The lowest BCUT2D eigenvalue weighted by Crippen LogP contribution is -2.34. The lowest BCUT2D eigenvalue weighted by Gasteiger charge is -2.20. The number of aromatic nitrogens is 6. The van der Waals surface area contributed by atoms with Crippen LogP contribution >= 0.6 is 0 Å². The van der Waals surface area contributed by atoms with E-state index in [0.29, 0.717) is 101 Å². The SMILES string of the molecule is CC(C)(C)OC(=O)NC/C(=C/F)COc1ccc2nc(NCc3cccnc3)oc2c1.Cc1ccc(S(=O)(=O)O)cc1.Cc1ccc(S(=O)(=O)O)cc1.NC/C(=C/F)COc1ccc2nc(NCc3cccnc3)oc2c1.Oc1ccc2nc(NCc3cccnc3)oc2c1. The first-order chi connectivity index (χ1) is 45.4. The van der Waals surface area contributed by atoms with E-state index >= 15 is 0 Å². The second-order valence-electron chi connectivity index (χ2n) is 21.4. The Kier molecular flexibility index (Phi) is 26.2. The number of aryl methyl sites for hydroxylation is 2. The number of anilines is 3. The van der Waals surface area contributed by atoms with E-state index in [9.17, 15) is 35.5 Å². The number of alkyl carbamates (subject to hydrolysis) is 1. The van der Waals surface area contributed by atoms with Crippen LogP contribution in [0.5, 0.6) is 17.2 Å². The quantitative estimate of drug-likeness (QED) is 0.0329. The fraction of sp³-hybridized carbons (Fsp3) is 0.197. The van der Waals surface area contributed by atoms with Crippen LogP contribution in [0.15, 0.2) is 224 Å². The number of phenols is 1. The molecule has 6 aromatic heterocycles. The number of nitrogens with zero attached hydrogens (tertiary/aromatic N) is 6. The first kappa shape index (κ1) is 71.6. The lowest BCUT2D eigenvalue weighted by atomic mass is 10.2. The van der Waals surface area contributed by atoms with Crippen LogP contribution < -0.4 is 36.5 Å². The fourth-order valence-electron chi connectivity index (χ4n) is 7.70. The second kappa shape index (κ2) is 34.7. The van der Waals surface area contributed by atoms with Gasteiger partial charge < -0.3 is 59.6 Å². The number of oxazole rings is 3. The van der Waals surface area contributed by atoms with Gasteiger partial charge in [0.25, 0.3) is 38.3 Å². The molecule has 0 radical (unpaired) electrons. The molecule has 0 saturated carbocycles. The Labute approximate surface area is 545 Å². The van der Waals surface area contributed by atoms with E-state index in [1.165, 1.54) is 30.3 Å². The summed E-state index contributed by atoms with van der Waals surface area (Å²) in [6, 6.07) is 39.9. The topological polar surface area (TPSA) is 365 Å². The zero-order chi connectivity index (χ0) is 68.4. The number of carbonyl (C=O) groups excluding carboxylic acids is 1. The van der Waals surface area contributed by atoms with Crippen LogP contribution in [-0.4, -0.2) is 98.9 Å². The predicted octanol–water partition coefficient (Wildman–Crippen LogP) is 12.6. The molecule has 11 aromatic rings. The highest BCUT2D eigenvalue weighted by molar-refractivity contribution is 7.86. The molecule has 95 heavy (non-hydrogen) atoms. The number of benzene rings is 5. The molecule has 0 unspecified atom stereocenters. The fourth-order valence-corrected chi connectivity index (χ4v) is 8.66. The third kappa shape index (κ3) is 24.6. The summed E-state index contributed by atoms with van der Waals surface area (Å²) >= 11 is 0. The van der Waals surface area contributed by atoms with Crippen LogP contribution in [-0.2, 0) is 44.6 Å². The molecule has 6 heterocycles. The molecule has 29 heteroatoms. The Morgan fingerprint density at radius 1 is 0.558 bits per heavy atom. The maximum atomic E-state index is 13.2. The van der Waals surface area contributed by atoms with Gasteiger partial charge in [-0.2, -0.15) is 31.8 Å². The summed E-state index contributed by atoms with van der Waals surface area (Å²) in [5.74, 6) is 1.21. The Morgan fingerprint density at radius 3 is 1.28 bits per heavy atom. The van der Waals surface area contributed by atoms with Gasteiger partial charge in [-0.1, -0.05) is 53.6 Å². The number of hydrogen-bond donors (Lipinski definition) is 8. The van der Waals surface area contributed by atoms with Crippen molar-refractivity contribution in [1.82, 2.24) is 35.2 Å². The molecule has 5 aromatic carbocycles. The van der Waals surface area contributed by atoms with Crippen LogP contribution in [0.25, 0.3) is 33.3 Å². The van der Waals surface area contributed by atoms with Gasteiger partial charge in [0, 0.05) is 99.3 Å². The molecule has 0 fully saturated rings. The monoisotopic (exact) mass is 1340 g/mol. The van der Waals surface area contributed by atoms with Crippen molar-refractivity contribution in [3.05, 3.63) is 228 Å². The second-order valence-corrected chi connectivity index (χ2v) is 24.2. The predicted molar refractivity (Wildman–Crippen MR) is 353 cm³/mol. The Morgan fingerprint density at radius 2 is 0.937 bits per heavy atom. The Hall–Kier alpha value is -10.9. The largest absolute Gasteiger partial charge is 0.508 e. The van der Waals surface area contributed by atoms with Crippen LogP contribution in [0.3, 0.4) is 0 Å². The molecule has 0 aliphatic heterocycles. The Bertz CT molecular complexity index is 4450. The number of pyridine rings is 3. The number of amides is 1. The van der Waals surface area contributed by atoms with E-state index in [4.69, 9.17) is 42.3 Å². The zero-order valence-electron chi connectivity index (χ0n) is 52.0. The number of phenolic OH excluding ortho intramolecular Hbond substituents is 1. The van der Waals surface area contributed by atoms with Crippen molar-refractivity contribution in [3.8, 4) is 17.2 Å². The van der Waals surface area contributed by atoms with Crippen molar-refractivity contribution in [2.75, 3.05) is 42.3 Å². The molecule has 0 aliphatic rings. The molecule has 0 saturated heterocycles. The highest BCUT2D eigenvalue weighted by Crippen LogP contribution is 2.27. The average Bonchev–Trinajstić information content (AvgIpc) is 1.76. The molecule has 0 bridgehead atoms. The molecule has 498 valence electrons. The first-order valence-corrected chi connectivity index (χ1v) is 31.7. The molecule has 0 aliphatic carbocycles. The minimum Gasteiger partial charge on any atom is -0.508 e. The lowest BCUT2D eigenvalue weighted by molar-refractivity contribution is 0.0531. The molecule has 1 amide bonds. The van der Waals surface area contributed by atoms with Gasteiger partial charge in [-0.25, -0.2) is 13.6 Å². The molecule has 11 rings (SSSR count). The van der Waals surface area contributed by atoms with Crippen LogP contribution in [0.2, 0.25) is 0 Å². The molecule has 0 spiro atoms. The van der Waals surface area contributed by atoms with E-state index in [-0.39, 0.29) is 47.4 Å². The molecular formula is C66H69F2N11O14S2. The van der Waals surface area contributed by atoms with Crippen molar-refractivity contribution >= 4 is 77.7 Å². The molecule has 0 atom stereocenters. The van der Waals surface area contributed by atoms with Gasteiger partial charge in [-0.05, 0) is 130 Å². The van der Waals surface area contributed by atoms with Crippen LogP contribution in [0, 0.1) is 13.8 Å². The van der Waals surface area contributed by atoms with Crippen molar-refractivity contribution < 1.29 is 72.1 Å². The average molecular weight is 1340 g/mol. The maximum Gasteiger partial charge on any atom is 0.407 e. The highest BCUT2D eigenvalue weighted by Gasteiger charge is 2.17. The van der Waals surface area contributed by atoms with Gasteiger partial charge in [-0.15, -0.1) is 0 Å². The summed E-state index contributed by atoms with van der Waals surface area (Å²) < 4.78 is 118. The van der Waals surface area contributed by atoms with E-state index in [2.05, 4.69) is 51.2 Å². The van der Waals surface area contributed by atoms with Crippen molar-refractivity contribution in [1.29, 1.82) is 0 Å². The first-order valence-electron chi connectivity index (χ1n) is 28.8. The normalized spacial score (nSPS) is 11.5. The number of nitrogens with two attached hydrogens (primary N) is 1. The number of fused-ring (bicyclic) bond motifs is 3. The minimum atomic E-state index is -4.02. The zero-order valence-corrected chi connectivity index (χ0v) is 53.6. The Balaban J connectivity index is 0.000000177. The summed E-state index contributed by atoms with van der Waals surface area (Å²) in [5, 5.41) is 21.1. The third-order valence-corrected chi connectivity index (χ3v) is 14.2. The van der Waals surface area contributed by atoms with Gasteiger partial charge in [0.2, 0.25) is 0 Å². The summed E-state index contributed by atoms with van der Waals surface area (Å²) in [5.41, 5.74) is 14.1. The van der Waals surface area contributed by atoms with E-state index in [0.717, 1.165) is 27.8 Å². The van der Waals surface area contributed by atoms with Crippen LogP contribution in [0.1, 0.15) is 48.6 Å². The molecule has 25 nitrogen and oxygen atoms in total. The van der Waals surface area contributed by atoms with Crippen molar-refractivity contribution in [2.45, 2.75) is 69.6 Å². The van der Waals surface area contributed by atoms with Crippen molar-refractivity contribution in [3.63, 3.8) is 0 Å². The minimum absolute atomic E-state index is 0.0294. The number of halogens is 2. The highest BCUT2D eigenvalue weighted by atomic mass is 32.2. The van der Waals surface area contributed by atoms with Crippen molar-refractivity contribution in [2.24, 2.45) is 5.73 Å². The third-order valence-electron chi connectivity index (χ3n) is 12.5. The van der Waals surface area contributed by atoms with Gasteiger partial charge in [0.15, 0.2) is 16.7 Å². The van der Waals surface area contributed by atoms with E-state index in [1.807, 2.05) is 50.2 Å². The summed E-state index contributed by atoms with van der Waals surface area (Å²) in [4.78, 5) is 36.7. The number of nitrogens with one attached hydrogen (secondary N) is 4. The standard InChI is InChI=1S/C22H25FN4O4.C17H17FN4O2.C13H11N3O2.2C7H8O3S/c1-22(2,3)31-21(28)26-13-16(10-23)14-29-17-6-7-18-19(9-17)30-20(27-18)25-12-15-5-4-8-24-11-15;18-7-13(8-19)11-23-14-3-4-15-16(6-14)24-17(22-15)21-10-12-2-1-5-20-9-12;17-10-3-4-11-12(6-10)18-13(16-11)15-8-9-2-1-5-14-7-9;2*1-6-2-4-7(5-3-6)11(8,9)10/h4-11H,12-14H2,1-3H3,(H,25,27)(H,26,28);1-7,9H,8,10-11,19H2,(H,21,22);1-7,17H,8H2,(H,15,16);2*2-5H,1H3,(H,8,9,10)/b16-10-;13-7-;;;.